The summed E-state index contributed by atoms with van der Waals surface area (Å²) >= 11 is 0. The van der Waals surface area contributed by atoms with Gasteiger partial charge < -0.3 is 14.8 Å². The zero-order valence-electron chi connectivity index (χ0n) is 18.3. The summed E-state index contributed by atoms with van der Waals surface area (Å²) in [5, 5.41) is 3.72. The number of halogens is 1. The summed E-state index contributed by atoms with van der Waals surface area (Å²) in [5.41, 5.74) is 7.17. The Morgan fingerprint density at radius 2 is 1.83 bits per heavy atom. The SMILES string of the molecule is CCCCn1cc(C)c(-c2ccc(C)cc2)c1C1CN(c2ccccc2F)CCN1. The Hall–Kier alpha value is -2.59. The Morgan fingerprint density at radius 3 is 2.57 bits per heavy atom. The summed E-state index contributed by atoms with van der Waals surface area (Å²) in [7, 11) is 0. The molecule has 1 aromatic heterocycles. The summed E-state index contributed by atoms with van der Waals surface area (Å²) in [5.74, 6) is -0.144. The van der Waals surface area contributed by atoms with Crippen LogP contribution in [0.1, 0.15) is 42.6 Å². The second-order valence-corrected chi connectivity index (χ2v) is 8.39. The number of benzene rings is 2. The minimum Gasteiger partial charge on any atom is -0.366 e. The first-order valence-corrected chi connectivity index (χ1v) is 11.1. The van der Waals surface area contributed by atoms with Crippen molar-refractivity contribution < 1.29 is 4.39 Å². The molecule has 2 heterocycles. The van der Waals surface area contributed by atoms with E-state index in [9.17, 15) is 4.39 Å². The molecule has 4 rings (SSSR count). The van der Waals surface area contributed by atoms with Gasteiger partial charge in [-0.1, -0.05) is 55.3 Å². The molecule has 1 atom stereocenters. The van der Waals surface area contributed by atoms with Crippen molar-refractivity contribution in [3.63, 3.8) is 0 Å². The van der Waals surface area contributed by atoms with E-state index in [1.807, 2.05) is 12.1 Å². The second kappa shape index (κ2) is 9.05. The van der Waals surface area contributed by atoms with Crippen LogP contribution in [0, 0.1) is 19.7 Å². The summed E-state index contributed by atoms with van der Waals surface area (Å²) in [6.45, 7) is 9.98. The third-order valence-electron chi connectivity index (χ3n) is 6.10. The fraction of sp³-hybridized carbons (Fsp3) is 0.385. The van der Waals surface area contributed by atoms with E-state index in [1.165, 1.54) is 27.9 Å². The molecule has 0 bridgehead atoms. The Morgan fingerprint density at radius 1 is 1.07 bits per heavy atom. The lowest BCUT2D eigenvalue weighted by Gasteiger charge is -2.36. The molecule has 30 heavy (non-hydrogen) atoms. The quantitative estimate of drug-likeness (QED) is 0.554. The number of aryl methyl sites for hydroxylation is 3. The van der Waals surface area contributed by atoms with Crippen LogP contribution >= 0.6 is 0 Å². The lowest BCUT2D eigenvalue weighted by molar-refractivity contribution is 0.440. The van der Waals surface area contributed by atoms with Crippen molar-refractivity contribution in [1.82, 2.24) is 9.88 Å². The van der Waals surface area contributed by atoms with Crippen molar-refractivity contribution in [2.24, 2.45) is 0 Å². The lowest BCUT2D eigenvalue weighted by atomic mass is 9.96. The molecule has 1 N–H and O–H groups in total. The van der Waals surface area contributed by atoms with Gasteiger partial charge >= 0.3 is 0 Å². The number of para-hydroxylation sites is 1. The maximum atomic E-state index is 14.5. The van der Waals surface area contributed by atoms with E-state index < -0.39 is 0 Å². The average molecular weight is 406 g/mol. The number of nitrogens with zero attached hydrogens (tertiary/aromatic N) is 2. The van der Waals surface area contributed by atoms with Gasteiger partial charge in [0.25, 0.3) is 0 Å². The van der Waals surface area contributed by atoms with Crippen LogP contribution in [-0.2, 0) is 6.54 Å². The van der Waals surface area contributed by atoms with Gasteiger partial charge in [-0.25, -0.2) is 4.39 Å². The zero-order valence-corrected chi connectivity index (χ0v) is 18.3. The van der Waals surface area contributed by atoms with Gasteiger partial charge in [0.1, 0.15) is 5.82 Å². The molecule has 0 amide bonds. The molecular formula is C26H32FN3. The fourth-order valence-corrected chi connectivity index (χ4v) is 4.56. The molecule has 1 fully saturated rings. The molecule has 0 aliphatic carbocycles. The van der Waals surface area contributed by atoms with Gasteiger partial charge in [-0.2, -0.15) is 0 Å². The predicted molar refractivity (Wildman–Crippen MR) is 124 cm³/mol. The van der Waals surface area contributed by atoms with Gasteiger partial charge in [0.15, 0.2) is 0 Å². The van der Waals surface area contributed by atoms with Crippen LogP contribution in [0.25, 0.3) is 11.1 Å². The molecule has 158 valence electrons. The molecule has 4 heteroatoms. The number of piperazine rings is 1. The van der Waals surface area contributed by atoms with Crippen LogP contribution in [0.4, 0.5) is 10.1 Å². The first-order valence-electron chi connectivity index (χ1n) is 11.1. The Bertz CT molecular complexity index is 990. The van der Waals surface area contributed by atoms with E-state index in [2.05, 4.69) is 66.0 Å². The number of nitrogens with one attached hydrogen (secondary N) is 1. The molecule has 0 spiro atoms. The molecule has 1 aliphatic heterocycles. The number of rotatable bonds is 6. The van der Waals surface area contributed by atoms with E-state index in [-0.39, 0.29) is 11.9 Å². The van der Waals surface area contributed by atoms with E-state index in [1.54, 1.807) is 12.1 Å². The molecule has 3 nitrogen and oxygen atoms in total. The highest BCUT2D eigenvalue weighted by Crippen LogP contribution is 2.35. The number of unbranched alkanes of at least 4 members (excludes halogenated alkanes) is 1. The highest BCUT2D eigenvalue weighted by molar-refractivity contribution is 5.71. The Kier molecular flexibility index (Phi) is 6.24. The van der Waals surface area contributed by atoms with E-state index in [4.69, 9.17) is 0 Å². The fourth-order valence-electron chi connectivity index (χ4n) is 4.56. The summed E-state index contributed by atoms with van der Waals surface area (Å²) in [4.78, 5) is 2.18. The Labute approximate surface area is 179 Å². The molecule has 1 saturated heterocycles. The number of hydrogen-bond donors (Lipinski definition) is 1. The third-order valence-corrected chi connectivity index (χ3v) is 6.10. The highest BCUT2D eigenvalue weighted by atomic mass is 19.1. The first-order chi connectivity index (χ1) is 14.6. The van der Waals surface area contributed by atoms with Crippen LogP contribution in [0.15, 0.2) is 54.7 Å². The predicted octanol–water partition coefficient (Wildman–Crippen LogP) is 5.86. The van der Waals surface area contributed by atoms with Crippen molar-refractivity contribution >= 4 is 5.69 Å². The topological polar surface area (TPSA) is 20.2 Å². The van der Waals surface area contributed by atoms with Gasteiger partial charge in [0.2, 0.25) is 0 Å². The summed E-state index contributed by atoms with van der Waals surface area (Å²) in [6.07, 6.45) is 4.61. The van der Waals surface area contributed by atoms with Crippen LogP contribution in [-0.4, -0.2) is 24.2 Å². The molecule has 0 radical (unpaired) electrons. The van der Waals surface area contributed by atoms with E-state index in [0.29, 0.717) is 5.69 Å². The minimum atomic E-state index is -0.144. The van der Waals surface area contributed by atoms with E-state index in [0.717, 1.165) is 39.0 Å². The maximum absolute atomic E-state index is 14.5. The van der Waals surface area contributed by atoms with Crippen LogP contribution < -0.4 is 10.2 Å². The van der Waals surface area contributed by atoms with Gasteiger partial charge in [0.05, 0.1) is 11.7 Å². The molecule has 3 aromatic rings. The molecule has 1 unspecified atom stereocenters. The van der Waals surface area contributed by atoms with Crippen LogP contribution in [0.5, 0.6) is 0 Å². The largest absolute Gasteiger partial charge is 0.366 e. The Balaban J connectivity index is 1.74. The normalized spacial score (nSPS) is 16.8. The highest BCUT2D eigenvalue weighted by Gasteiger charge is 2.28. The number of aromatic nitrogens is 1. The number of anilines is 1. The van der Waals surface area contributed by atoms with Crippen LogP contribution in [0.2, 0.25) is 0 Å². The lowest BCUT2D eigenvalue weighted by Crippen LogP contribution is -2.47. The van der Waals surface area contributed by atoms with Crippen molar-refractivity contribution in [1.29, 1.82) is 0 Å². The molecule has 1 aliphatic rings. The van der Waals surface area contributed by atoms with Gasteiger partial charge in [-0.3, -0.25) is 0 Å². The molecular weight excluding hydrogens is 373 g/mol. The summed E-state index contributed by atoms with van der Waals surface area (Å²) < 4.78 is 16.9. The maximum Gasteiger partial charge on any atom is 0.146 e. The first kappa shape index (κ1) is 20.7. The van der Waals surface area contributed by atoms with Crippen molar-refractivity contribution in [3.8, 4) is 11.1 Å². The van der Waals surface area contributed by atoms with Crippen molar-refractivity contribution in [2.45, 2.75) is 46.2 Å². The average Bonchev–Trinajstić information content (AvgIpc) is 3.09. The second-order valence-electron chi connectivity index (χ2n) is 8.39. The van der Waals surface area contributed by atoms with Crippen molar-refractivity contribution in [2.75, 3.05) is 24.5 Å². The van der Waals surface area contributed by atoms with E-state index >= 15 is 0 Å². The standard InChI is InChI=1S/C26H32FN3/c1-4-5-15-30-17-20(3)25(21-12-10-19(2)11-13-21)26(30)23-18-29(16-14-28-23)24-9-7-6-8-22(24)27/h6-13,17,23,28H,4-5,14-16,18H2,1-3H3. The van der Waals surface area contributed by atoms with Gasteiger partial charge in [-0.05, 0) is 43.5 Å². The van der Waals surface area contributed by atoms with Gasteiger partial charge in [-0.15, -0.1) is 0 Å². The zero-order chi connectivity index (χ0) is 21.1. The number of hydrogen-bond acceptors (Lipinski definition) is 2. The smallest absolute Gasteiger partial charge is 0.146 e. The molecule has 2 aromatic carbocycles. The third kappa shape index (κ3) is 4.15. The monoisotopic (exact) mass is 405 g/mol. The molecule has 0 saturated carbocycles. The minimum absolute atomic E-state index is 0.144. The van der Waals surface area contributed by atoms with Crippen molar-refractivity contribution in [3.05, 3.63) is 77.4 Å². The van der Waals surface area contributed by atoms with Crippen LogP contribution in [0.3, 0.4) is 0 Å². The van der Waals surface area contributed by atoms with Gasteiger partial charge in [0, 0.05) is 43.6 Å². The summed E-state index contributed by atoms with van der Waals surface area (Å²) in [6, 6.07) is 16.1.